The third-order valence-electron chi connectivity index (χ3n) is 5.32. The van der Waals surface area contributed by atoms with Crippen molar-refractivity contribution in [3.8, 4) is 0 Å². The monoisotopic (exact) mass is 319 g/mol. The lowest BCUT2D eigenvalue weighted by Gasteiger charge is -2.49. The fourth-order valence-corrected chi connectivity index (χ4v) is 3.79. The molecule has 2 saturated heterocycles. The first kappa shape index (κ1) is 16.5. The van der Waals surface area contributed by atoms with Crippen molar-refractivity contribution in [3.63, 3.8) is 0 Å². The van der Waals surface area contributed by atoms with E-state index in [-0.39, 0.29) is 5.91 Å². The summed E-state index contributed by atoms with van der Waals surface area (Å²) in [5.41, 5.74) is 0.577. The molecule has 3 heterocycles. The first-order valence-electron chi connectivity index (χ1n) is 8.89. The van der Waals surface area contributed by atoms with Crippen LogP contribution >= 0.6 is 0 Å². The van der Waals surface area contributed by atoms with Gasteiger partial charge in [0.15, 0.2) is 0 Å². The molecule has 0 saturated carbocycles. The van der Waals surface area contributed by atoms with Crippen LogP contribution in [0.2, 0.25) is 0 Å². The SMILES string of the molecule is CCN(C1CCN(C)CC1)C1CN(C(=O)c2ccn(CC)n2)C1. The zero-order chi connectivity index (χ0) is 16.4. The van der Waals surface area contributed by atoms with Crippen molar-refractivity contribution >= 4 is 5.91 Å². The van der Waals surface area contributed by atoms with Crippen LogP contribution in [0, 0.1) is 0 Å². The van der Waals surface area contributed by atoms with Crippen molar-refractivity contribution in [2.75, 3.05) is 39.8 Å². The third kappa shape index (κ3) is 3.43. The molecule has 23 heavy (non-hydrogen) atoms. The van der Waals surface area contributed by atoms with Gasteiger partial charge in [-0.3, -0.25) is 14.4 Å². The Labute approximate surface area is 139 Å². The summed E-state index contributed by atoms with van der Waals surface area (Å²) in [7, 11) is 2.20. The smallest absolute Gasteiger partial charge is 0.274 e. The van der Waals surface area contributed by atoms with Crippen LogP contribution in [-0.2, 0) is 6.54 Å². The van der Waals surface area contributed by atoms with Gasteiger partial charge in [0.1, 0.15) is 5.69 Å². The number of carbonyl (C=O) groups excluding carboxylic acids is 1. The van der Waals surface area contributed by atoms with E-state index < -0.39 is 0 Å². The topological polar surface area (TPSA) is 44.6 Å². The van der Waals surface area contributed by atoms with Gasteiger partial charge >= 0.3 is 0 Å². The number of rotatable bonds is 5. The molecular weight excluding hydrogens is 290 g/mol. The highest BCUT2D eigenvalue weighted by Crippen LogP contribution is 2.24. The van der Waals surface area contributed by atoms with Crippen molar-refractivity contribution in [3.05, 3.63) is 18.0 Å². The highest BCUT2D eigenvalue weighted by atomic mass is 16.2. The Morgan fingerprint density at radius 2 is 1.96 bits per heavy atom. The van der Waals surface area contributed by atoms with Crippen LogP contribution in [0.3, 0.4) is 0 Å². The zero-order valence-electron chi connectivity index (χ0n) is 14.6. The second-order valence-corrected chi connectivity index (χ2v) is 6.79. The standard InChI is InChI=1S/C17H29N5O/c1-4-21-11-8-16(18-21)17(23)20-12-15(13-20)22(5-2)14-6-9-19(3)10-7-14/h8,11,14-15H,4-7,9-10,12-13H2,1-3H3. The van der Waals surface area contributed by atoms with Gasteiger partial charge in [-0.1, -0.05) is 6.92 Å². The second-order valence-electron chi connectivity index (χ2n) is 6.79. The van der Waals surface area contributed by atoms with Crippen molar-refractivity contribution in [1.29, 1.82) is 0 Å². The molecule has 1 aromatic heterocycles. The molecule has 0 unspecified atom stereocenters. The van der Waals surface area contributed by atoms with E-state index in [2.05, 4.69) is 28.9 Å². The number of nitrogens with zero attached hydrogens (tertiary/aromatic N) is 5. The van der Waals surface area contributed by atoms with Gasteiger partial charge in [0.2, 0.25) is 0 Å². The summed E-state index contributed by atoms with van der Waals surface area (Å²) in [5, 5.41) is 4.33. The Morgan fingerprint density at radius 1 is 1.26 bits per heavy atom. The fraction of sp³-hybridized carbons (Fsp3) is 0.765. The van der Waals surface area contributed by atoms with E-state index in [0.717, 1.165) is 26.2 Å². The number of likely N-dealkylation sites (tertiary alicyclic amines) is 2. The molecule has 128 valence electrons. The minimum absolute atomic E-state index is 0.0767. The Hall–Kier alpha value is -1.40. The summed E-state index contributed by atoms with van der Waals surface area (Å²) in [6, 6.07) is 3.02. The van der Waals surface area contributed by atoms with E-state index in [9.17, 15) is 4.79 Å². The van der Waals surface area contributed by atoms with Gasteiger partial charge in [0, 0.05) is 37.9 Å². The van der Waals surface area contributed by atoms with Gasteiger partial charge in [-0.25, -0.2) is 0 Å². The largest absolute Gasteiger partial charge is 0.334 e. The zero-order valence-corrected chi connectivity index (χ0v) is 14.6. The van der Waals surface area contributed by atoms with E-state index >= 15 is 0 Å². The second kappa shape index (κ2) is 7.01. The molecule has 6 heteroatoms. The summed E-state index contributed by atoms with van der Waals surface area (Å²) in [5.74, 6) is 0.0767. The summed E-state index contributed by atoms with van der Waals surface area (Å²) < 4.78 is 1.81. The van der Waals surface area contributed by atoms with Crippen LogP contribution in [0.4, 0.5) is 0 Å². The third-order valence-corrected chi connectivity index (χ3v) is 5.32. The molecule has 3 rings (SSSR count). The molecule has 0 N–H and O–H groups in total. The number of hydrogen-bond acceptors (Lipinski definition) is 4. The van der Waals surface area contributed by atoms with Crippen molar-refractivity contribution in [1.82, 2.24) is 24.5 Å². The van der Waals surface area contributed by atoms with Crippen LogP contribution in [0.25, 0.3) is 0 Å². The van der Waals surface area contributed by atoms with E-state index in [4.69, 9.17) is 0 Å². The summed E-state index contributed by atoms with van der Waals surface area (Å²) in [4.78, 5) is 19.4. The van der Waals surface area contributed by atoms with Crippen LogP contribution in [0.15, 0.2) is 12.3 Å². The van der Waals surface area contributed by atoms with Crippen molar-refractivity contribution < 1.29 is 4.79 Å². The Bertz CT molecular complexity index is 529. The summed E-state index contributed by atoms with van der Waals surface area (Å²) in [6.45, 7) is 10.2. The fourth-order valence-electron chi connectivity index (χ4n) is 3.79. The number of carbonyl (C=O) groups is 1. The van der Waals surface area contributed by atoms with Crippen LogP contribution in [0.5, 0.6) is 0 Å². The van der Waals surface area contributed by atoms with Gasteiger partial charge in [-0.05, 0) is 52.5 Å². The van der Waals surface area contributed by atoms with Crippen LogP contribution < -0.4 is 0 Å². The van der Waals surface area contributed by atoms with Gasteiger partial charge in [-0.2, -0.15) is 5.10 Å². The lowest BCUT2D eigenvalue weighted by Crippen LogP contribution is -2.63. The Balaban J connectivity index is 1.53. The van der Waals surface area contributed by atoms with E-state index in [1.807, 2.05) is 24.1 Å². The summed E-state index contributed by atoms with van der Waals surface area (Å²) >= 11 is 0. The minimum Gasteiger partial charge on any atom is -0.334 e. The predicted molar refractivity (Wildman–Crippen MR) is 90.5 cm³/mol. The average molecular weight is 319 g/mol. The normalized spacial score (nSPS) is 21.0. The van der Waals surface area contributed by atoms with Gasteiger partial charge in [0.05, 0.1) is 0 Å². The van der Waals surface area contributed by atoms with Crippen LogP contribution in [0.1, 0.15) is 37.2 Å². The minimum atomic E-state index is 0.0767. The number of aromatic nitrogens is 2. The van der Waals surface area contributed by atoms with E-state index in [0.29, 0.717) is 17.8 Å². The first-order valence-corrected chi connectivity index (χ1v) is 8.89. The number of likely N-dealkylation sites (N-methyl/N-ethyl adjacent to an activating group) is 1. The first-order chi connectivity index (χ1) is 11.1. The summed E-state index contributed by atoms with van der Waals surface area (Å²) in [6.07, 6.45) is 4.37. The molecular formula is C17H29N5O. The molecule has 2 aliphatic heterocycles. The van der Waals surface area contributed by atoms with E-state index in [1.54, 1.807) is 4.68 Å². The van der Waals surface area contributed by atoms with Crippen molar-refractivity contribution in [2.24, 2.45) is 0 Å². The van der Waals surface area contributed by atoms with Gasteiger partial charge in [0.25, 0.3) is 5.91 Å². The molecule has 0 atom stereocenters. The molecule has 0 bridgehead atoms. The molecule has 0 aliphatic carbocycles. The number of piperidine rings is 1. The molecule has 6 nitrogen and oxygen atoms in total. The van der Waals surface area contributed by atoms with Gasteiger partial charge < -0.3 is 9.80 Å². The maximum atomic E-state index is 12.5. The molecule has 2 aliphatic rings. The number of amides is 1. The average Bonchev–Trinajstić information content (AvgIpc) is 3.00. The lowest BCUT2D eigenvalue weighted by molar-refractivity contribution is -0.000319. The highest BCUT2D eigenvalue weighted by Gasteiger charge is 2.38. The maximum Gasteiger partial charge on any atom is 0.274 e. The molecule has 0 aromatic carbocycles. The predicted octanol–water partition coefficient (Wildman–Crippen LogP) is 1.14. The molecule has 1 amide bonds. The molecule has 0 spiro atoms. The molecule has 1 aromatic rings. The number of hydrogen-bond donors (Lipinski definition) is 0. The number of aryl methyl sites for hydroxylation is 1. The lowest BCUT2D eigenvalue weighted by atomic mass is 9.98. The Morgan fingerprint density at radius 3 is 2.52 bits per heavy atom. The van der Waals surface area contributed by atoms with Crippen molar-refractivity contribution in [2.45, 2.75) is 45.3 Å². The molecule has 0 radical (unpaired) electrons. The highest BCUT2D eigenvalue weighted by molar-refractivity contribution is 5.92. The Kier molecular flexibility index (Phi) is 5.02. The quantitative estimate of drug-likeness (QED) is 0.816. The molecule has 2 fully saturated rings. The van der Waals surface area contributed by atoms with Gasteiger partial charge in [-0.15, -0.1) is 0 Å². The van der Waals surface area contributed by atoms with E-state index in [1.165, 1.54) is 25.9 Å². The van der Waals surface area contributed by atoms with Crippen LogP contribution in [-0.4, -0.2) is 82.2 Å². The maximum absolute atomic E-state index is 12.5.